The van der Waals surface area contributed by atoms with Crippen LogP contribution in [0.25, 0.3) is 0 Å². The molecule has 0 spiro atoms. The topological polar surface area (TPSA) is 190 Å². The third-order valence-electron chi connectivity index (χ3n) is 14.2. The average Bonchev–Trinajstić information content (AvgIpc) is 3.52. The van der Waals surface area contributed by atoms with Gasteiger partial charge in [0.25, 0.3) is 0 Å². The molecule has 0 aromatic heterocycles. The van der Waals surface area contributed by atoms with Crippen LogP contribution < -0.4 is 0 Å². The highest BCUT2D eigenvalue weighted by atomic mass is 16.7. The van der Waals surface area contributed by atoms with Crippen LogP contribution in [0.1, 0.15) is 113 Å². The van der Waals surface area contributed by atoms with E-state index in [0.717, 1.165) is 19.3 Å². The summed E-state index contributed by atoms with van der Waals surface area (Å²) in [5.74, 6) is -0.0314. The minimum atomic E-state index is -1.50. The molecular weight excluding hydrogens is 608 g/mol. The highest BCUT2D eigenvalue weighted by Gasteiger charge is 2.68. The fraction of sp³-hybridized carbons (Fsp3) is 1.00. The van der Waals surface area contributed by atoms with Gasteiger partial charge in [-0.15, -0.1) is 0 Å². The van der Waals surface area contributed by atoms with Crippen LogP contribution in [0, 0.1) is 34.0 Å². The van der Waals surface area contributed by atoms with Gasteiger partial charge in [-0.25, -0.2) is 0 Å². The van der Waals surface area contributed by atoms with E-state index in [2.05, 4.69) is 27.7 Å². The predicted octanol–water partition coefficient (Wildman–Crippen LogP) is 2.01. The van der Waals surface area contributed by atoms with E-state index in [1.807, 2.05) is 13.8 Å². The van der Waals surface area contributed by atoms with E-state index < -0.39 is 66.3 Å². The van der Waals surface area contributed by atoms with Gasteiger partial charge in [-0.05, 0) is 114 Å². The molecule has 8 N–H and O–H groups in total. The molecule has 0 radical (unpaired) electrons. The fourth-order valence-electron chi connectivity index (χ4n) is 11.5. The van der Waals surface area contributed by atoms with Crippen LogP contribution >= 0.6 is 0 Å². The quantitative estimate of drug-likeness (QED) is 0.167. The van der Waals surface area contributed by atoms with E-state index in [9.17, 15) is 40.9 Å². The smallest absolute Gasteiger partial charge is 0.186 e. The molecule has 11 nitrogen and oxygen atoms in total. The van der Waals surface area contributed by atoms with E-state index in [-0.39, 0.29) is 46.2 Å². The summed E-state index contributed by atoms with van der Waals surface area (Å²) in [4.78, 5) is 0. The Morgan fingerprint density at radius 3 is 2.06 bits per heavy atom. The summed E-state index contributed by atoms with van der Waals surface area (Å²) in [6.07, 6.45) is -3.20. The van der Waals surface area contributed by atoms with Crippen LogP contribution in [0.5, 0.6) is 0 Å². The first-order valence-electron chi connectivity index (χ1n) is 18.0. The first-order valence-corrected chi connectivity index (χ1v) is 18.0. The van der Waals surface area contributed by atoms with Gasteiger partial charge >= 0.3 is 0 Å². The van der Waals surface area contributed by atoms with Gasteiger partial charge in [0.2, 0.25) is 0 Å². The summed E-state index contributed by atoms with van der Waals surface area (Å²) >= 11 is 0. The van der Waals surface area contributed by atoms with Crippen molar-refractivity contribution in [2.75, 3.05) is 6.61 Å². The summed E-state index contributed by atoms with van der Waals surface area (Å²) in [5.41, 5.74) is -3.89. The summed E-state index contributed by atoms with van der Waals surface area (Å²) in [7, 11) is 0. The van der Waals surface area contributed by atoms with Gasteiger partial charge in [-0.2, -0.15) is 0 Å². The lowest BCUT2D eigenvalue weighted by Gasteiger charge is -2.64. The molecule has 3 aliphatic carbocycles. The van der Waals surface area contributed by atoms with Gasteiger partial charge < -0.3 is 55.1 Å². The predicted molar refractivity (Wildman–Crippen MR) is 173 cm³/mol. The van der Waals surface area contributed by atoms with E-state index in [0.29, 0.717) is 38.5 Å². The average molecular weight is 673 g/mol. The molecule has 3 saturated carbocycles. The molecule has 0 bridgehead atoms. The van der Waals surface area contributed by atoms with Crippen molar-refractivity contribution in [3.8, 4) is 0 Å². The monoisotopic (exact) mass is 672 g/mol. The molecular formula is C36H64O11. The Bertz CT molecular complexity index is 1110. The van der Waals surface area contributed by atoms with Crippen LogP contribution in [-0.2, 0) is 14.2 Å². The summed E-state index contributed by atoms with van der Waals surface area (Å²) < 4.78 is 18.3. The Labute approximate surface area is 280 Å². The second-order valence-electron chi connectivity index (χ2n) is 18.1. The van der Waals surface area contributed by atoms with E-state index in [1.54, 1.807) is 13.8 Å². The second kappa shape index (κ2) is 12.7. The van der Waals surface area contributed by atoms with E-state index >= 15 is 0 Å². The Kier molecular flexibility index (Phi) is 10.2. The molecule has 47 heavy (non-hydrogen) atoms. The lowest BCUT2D eigenvalue weighted by molar-refractivity contribution is -0.329. The van der Waals surface area contributed by atoms with E-state index in [1.165, 1.54) is 0 Å². The minimum Gasteiger partial charge on any atom is -0.394 e. The van der Waals surface area contributed by atoms with Crippen molar-refractivity contribution in [1.82, 2.24) is 0 Å². The van der Waals surface area contributed by atoms with Crippen LogP contribution in [0.15, 0.2) is 0 Å². The lowest BCUT2D eigenvalue weighted by Crippen LogP contribution is -2.63. The molecule has 5 aliphatic rings. The van der Waals surface area contributed by atoms with Crippen molar-refractivity contribution in [2.24, 2.45) is 34.0 Å². The normalized spacial score (nSPS) is 50.4. The largest absolute Gasteiger partial charge is 0.394 e. The molecule has 2 saturated heterocycles. The van der Waals surface area contributed by atoms with Crippen molar-refractivity contribution < 1.29 is 55.1 Å². The fourth-order valence-corrected chi connectivity index (χ4v) is 11.5. The first kappa shape index (κ1) is 37.8. The molecule has 0 amide bonds. The van der Waals surface area contributed by atoms with Gasteiger partial charge in [0.15, 0.2) is 6.29 Å². The van der Waals surface area contributed by atoms with Crippen molar-refractivity contribution in [2.45, 2.75) is 185 Å². The highest BCUT2D eigenvalue weighted by molar-refractivity contribution is 5.17. The number of hydrogen-bond acceptors (Lipinski definition) is 11. The molecule has 2 unspecified atom stereocenters. The third-order valence-corrected chi connectivity index (χ3v) is 14.2. The molecule has 274 valence electrons. The third kappa shape index (κ3) is 6.36. The zero-order valence-corrected chi connectivity index (χ0v) is 29.8. The summed E-state index contributed by atoms with van der Waals surface area (Å²) in [6, 6.07) is 0. The summed E-state index contributed by atoms with van der Waals surface area (Å²) in [5, 5.41) is 86.4. The second-order valence-corrected chi connectivity index (χ2v) is 18.1. The number of aliphatic hydroxyl groups is 8. The SMILES string of the molecule is CC(C)(O)C1CC[C@@](C)([C@H](O)CC[C@@](C)(O)[C@@H]2C(O)C[C@H]3[C@@]2(C)CC[C@H]2C(C)(C)[C@@H](O[C@@H]4O[C@H](CO)[C@@H](O)[C@H](O)[C@H]4O)CC[C@]32C)O1. The Morgan fingerprint density at radius 1 is 0.830 bits per heavy atom. The Hall–Kier alpha value is -0.440. The maximum absolute atomic E-state index is 12.1. The van der Waals surface area contributed by atoms with Crippen molar-refractivity contribution >= 4 is 0 Å². The lowest BCUT2D eigenvalue weighted by atomic mass is 9.42. The van der Waals surface area contributed by atoms with E-state index in [4.69, 9.17) is 14.2 Å². The van der Waals surface area contributed by atoms with Crippen molar-refractivity contribution in [3.63, 3.8) is 0 Å². The zero-order valence-electron chi connectivity index (χ0n) is 29.8. The standard InChI is InChI=1S/C36H64O11/c1-31(2)21-9-13-34(6)22(33(21,5)14-11-24(31)46-30-28(42)27(41)26(40)20(18-37)45-30)17-19(38)29(34)35(7,44)15-10-23(39)36(8)16-12-25(47-36)32(3,4)43/h19-30,37-44H,9-18H2,1-8H3/t19?,20-,21+,22-,23-,24+,25?,26-,27+,28-,29-,30+,33+,34-,35-,36+/m1/s1. The molecule has 2 heterocycles. The molecule has 16 atom stereocenters. The van der Waals surface area contributed by atoms with Crippen LogP contribution in [0.3, 0.4) is 0 Å². The van der Waals surface area contributed by atoms with Crippen molar-refractivity contribution in [3.05, 3.63) is 0 Å². The number of ether oxygens (including phenoxy) is 3. The molecule has 0 aromatic carbocycles. The molecule has 11 heteroatoms. The molecule has 5 rings (SSSR count). The number of aliphatic hydroxyl groups excluding tert-OH is 6. The van der Waals surface area contributed by atoms with Gasteiger partial charge in [0.05, 0.1) is 47.8 Å². The number of hydrogen-bond donors (Lipinski definition) is 8. The van der Waals surface area contributed by atoms with Gasteiger partial charge in [0, 0.05) is 5.92 Å². The van der Waals surface area contributed by atoms with Crippen molar-refractivity contribution in [1.29, 1.82) is 0 Å². The first-order chi connectivity index (χ1) is 21.5. The summed E-state index contributed by atoms with van der Waals surface area (Å²) in [6.45, 7) is 15.5. The van der Waals surface area contributed by atoms with Gasteiger partial charge in [-0.1, -0.05) is 27.7 Å². The maximum atomic E-state index is 12.1. The van der Waals surface area contributed by atoms with Gasteiger partial charge in [-0.3, -0.25) is 0 Å². The minimum absolute atomic E-state index is 0.140. The number of fused-ring (bicyclic) bond motifs is 3. The Balaban J connectivity index is 1.29. The molecule has 5 fully saturated rings. The molecule has 0 aromatic rings. The Morgan fingerprint density at radius 2 is 1.47 bits per heavy atom. The van der Waals surface area contributed by atoms with Crippen LogP contribution in [0.2, 0.25) is 0 Å². The maximum Gasteiger partial charge on any atom is 0.186 e. The number of rotatable bonds is 9. The van der Waals surface area contributed by atoms with Gasteiger partial charge in [0.1, 0.15) is 24.4 Å². The van der Waals surface area contributed by atoms with Crippen LogP contribution in [-0.4, -0.2) is 119 Å². The molecule has 2 aliphatic heterocycles. The zero-order chi connectivity index (χ0) is 35.1. The highest BCUT2D eigenvalue weighted by Crippen LogP contribution is 2.71. The van der Waals surface area contributed by atoms with Crippen LogP contribution in [0.4, 0.5) is 0 Å².